The number of nitrogens with zero attached hydrogens (tertiary/aromatic N) is 5. The highest BCUT2D eigenvalue weighted by Gasteiger charge is 2.21. The van der Waals surface area contributed by atoms with E-state index in [-0.39, 0.29) is 4.90 Å². The van der Waals surface area contributed by atoms with Crippen LogP contribution in [0, 0.1) is 6.92 Å². The lowest BCUT2D eigenvalue weighted by Gasteiger charge is -2.33. The molecule has 0 atom stereocenters. The summed E-state index contributed by atoms with van der Waals surface area (Å²) in [5, 5.41) is 9.27. The van der Waals surface area contributed by atoms with Crippen LogP contribution in [0.1, 0.15) is 37.0 Å². The molecule has 1 aliphatic rings. The van der Waals surface area contributed by atoms with E-state index in [0.29, 0.717) is 5.52 Å². The standard InChI is InChI=1S/C21H30N6O3S/c1-3-4-7-27-20-6-5-18(31(22,28)29)13-19(20)23-21(27)15-26-10-8-25(9-11-26)14-17-12-16(2)24-30-17/h5-6,12-13H,3-4,7-11,14-15H2,1-2H3,(H2,22,28,29). The Balaban J connectivity index is 1.48. The molecule has 0 radical (unpaired) electrons. The van der Waals surface area contributed by atoms with Gasteiger partial charge in [-0.2, -0.15) is 0 Å². The molecule has 31 heavy (non-hydrogen) atoms. The molecule has 0 bridgehead atoms. The summed E-state index contributed by atoms with van der Waals surface area (Å²) >= 11 is 0. The molecule has 168 valence electrons. The Morgan fingerprint density at radius 3 is 2.42 bits per heavy atom. The lowest BCUT2D eigenvalue weighted by Crippen LogP contribution is -2.45. The van der Waals surface area contributed by atoms with Crippen LogP contribution < -0.4 is 5.14 Å². The van der Waals surface area contributed by atoms with Crippen LogP contribution in [0.3, 0.4) is 0 Å². The maximum absolute atomic E-state index is 11.7. The van der Waals surface area contributed by atoms with E-state index in [0.717, 1.165) is 81.5 Å². The zero-order valence-electron chi connectivity index (χ0n) is 18.1. The van der Waals surface area contributed by atoms with Gasteiger partial charge in [0, 0.05) is 38.8 Å². The third-order valence-electron chi connectivity index (χ3n) is 5.75. The molecule has 1 aliphatic heterocycles. The summed E-state index contributed by atoms with van der Waals surface area (Å²) in [7, 11) is -3.75. The first-order chi connectivity index (χ1) is 14.8. The number of aromatic nitrogens is 3. The highest BCUT2D eigenvalue weighted by molar-refractivity contribution is 7.89. The van der Waals surface area contributed by atoms with Gasteiger partial charge in [0.25, 0.3) is 0 Å². The minimum Gasteiger partial charge on any atom is -0.360 e. The Kier molecular flexibility index (Phi) is 6.42. The third kappa shape index (κ3) is 5.15. The monoisotopic (exact) mass is 446 g/mol. The molecule has 0 unspecified atom stereocenters. The van der Waals surface area contributed by atoms with Crippen molar-refractivity contribution in [3.8, 4) is 0 Å². The molecule has 0 amide bonds. The molecule has 0 spiro atoms. The number of benzene rings is 1. The molecular formula is C21H30N6O3S. The number of aryl methyl sites for hydroxylation is 2. The molecule has 4 rings (SSSR count). The highest BCUT2D eigenvalue weighted by Crippen LogP contribution is 2.22. The van der Waals surface area contributed by atoms with E-state index in [9.17, 15) is 8.42 Å². The number of piperazine rings is 1. The number of hydrogen-bond donors (Lipinski definition) is 1. The molecule has 10 heteroatoms. The van der Waals surface area contributed by atoms with Crippen LogP contribution in [-0.4, -0.2) is 59.1 Å². The molecule has 0 aliphatic carbocycles. The van der Waals surface area contributed by atoms with Crippen molar-refractivity contribution in [3.05, 3.63) is 41.5 Å². The van der Waals surface area contributed by atoms with Crippen molar-refractivity contribution in [2.45, 2.75) is 51.2 Å². The molecular weight excluding hydrogens is 416 g/mol. The molecule has 3 heterocycles. The van der Waals surface area contributed by atoms with Crippen molar-refractivity contribution >= 4 is 21.1 Å². The van der Waals surface area contributed by atoms with Gasteiger partial charge in [-0.05, 0) is 31.5 Å². The predicted octanol–water partition coefficient (Wildman–Crippen LogP) is 2.10. The lowest BCUT2D eigenvalue weighted by molar-refractivity contribution is 0.111. The summed E-state index contributed by atoms with van der Waals surface area (Å²) in [4.78, 5) is 9.65. The fourth-order valence-electron chi connectivity index (χ4n) is 4.04. The molecule has 9 nitrogen and oxygen atoms in total. The smallest absolute Gasteiger partial charge is 0.238 e. The second-order valence-corrected chi connectivity index (χ2v) is 9.78. The van der Waals surface area contributed by atoms with Gasteiger partial charge in [-0.3, -0.25) is 9.80 Å². The fourth-order valence-corrected chi connectivity index (χ4v) is 4.57. The van der Waals surface area contributed by atoms with E-state index in [2.05, 4.69) is 26.4 Å². The first-order valence-corrected chi connectivity index (χ1v) is 12.3. The number of hydrogen-bond acceptors (Lipinski definition) is 7. The summed E-state index contributed by atoms with van der Waals surface area (Å²) in [5.74, 6) is 1.87. The summed E-state index contributed by atoms with van der Waals surface area (Å²) < 4.78 is 31.0. The van der Waals surface area contributed by atoms with Crippen LogP contribution in [0.25, 0.3) is 11.0 Å². The summed E-state index contributed by atoms with van der Waals surface area (Å²) in [5.41, 5.74) is 2.54. The SMILES string of the molecule is CCCCn1c(CN2CCN(Cc3cc(C)no3)CC2)nc2cc(S(N)(=O)=O)ccc21. The topological polar surface area (TPSA) is 110 Å². The number of fused-ring (bicyclic) bond motifs is 1. The van der Waals surface area contributed by atoms with Gasteiger partial charge in [0.15, 0.2) is 5.76 Å². The number of nitrogens with two attached hydrogens (primary N) is 1. The van der Waals surface area contributed by atoms with Crippen LogP contribution in [0.2, 0.25) is 0 Å². The number of primary sulfonamides is 1. The maximum atomic E-state index is 11.7. The van der Waals surface area contributed by atoms with Crippen LogP contribution >= 0.6 is 0 Å². The minimum absolute atomic E-state index is 0.1000. The number of imidazole rings is 1. The molecule has 1 saturated heterocycles. The van der Waals surface area contributed by atoms with E-state index in [4.69, 9.17) is 14.6 Å². The van der Waals surface area contributed by atoms with Gasteiger partial charge in [0.1, 0.15) is 5.82 Å². The van der Waals surface area contributed by atoms with Gasteiger partial charge < -0.3 is 9.09 Å². The van der Waals surface area contributed by atoms with Gasteiger partial charge in [0.2, 0.25) is 10.0 Å². The largest absolute Gasteiger partial charge is 0.360 e. The van der Waals surface area contributed by atoms with Crippen molar-refractivity contribution in [1.82, 2.24) is 24.5 Å². The van der Waals surface area contributed by atoms with Gasteiger partial charge in [-0.15, -0.1) is 0 Å². The second kappa shape index (κ2) is 9.07. The van der Waals surface area contributed by atoms with Gasteiger partial charge >= 0.3 is 0 Å². The first-order valence-electron chi connectivity index (χ1n) is 10.7. The van der Waals surface area contributed by atoms with Crippen LogP contribution in [0.4, 0.5) is 0 Å². The highest BCUT2D eigenvalue weighted by atomic mass is 32.2. The summed E-state index contributed by atoms with van der Waals surface area (Å²) in [6.07, 6.45) is 2.12. The van der Waals surface area contributed by atoms with Gasteiger partial charge in [-0.1, -0.05) is 18.5 Å². The number of rotatable bonds is 8. The average Bonchev–Trinajstić information content (AvgIpc) is 3.29. The van der Waals surface area contributed by atoms with E-state index in [1.807, 2.05) is 19.1 Å². The van der Waals surface area contributed by atoms with Crippen molar-refractivity contribution in [2.24, 2.45) is 5.14 Å². The Labute approximate surface area is 182 Å². The zero-order chi connectivity index (χ0) is 22.0. The quantitative estimate of drug-likeness (QED) is 0.564. The van der Waals surface area contributed by atoms with Crippen molar-refractivity contribution in [3.63, 3.8) is 0 Å². The fraction of sp³-hybridized carbons (Fsp3) is 0.524. The maximum Gasteiger partial charge on any atom is 0.238 e. The Morgan fingerprint density at radius 1 is 1.10 bits per heavy atom. The average molecular weight is 447 g/mol. The Hall–Kier alpha value is -2.27. The lowest BCUT2D eigenvalue weighted by atomic mass is 10.2. The Bertz CT molecular complexity index is 1150. The number of sulfonamides is 1. The van der Waals surface area contributed by atoms with Gasteiger partial charge in [0.05, 0.1) is 34.7 Å². The van der Waals surface area contributed by atoms with E-state index in [1.165, 1.54) is 0 Å². The van der Waals surface area contributed by atoms with Crippen molar-refractivity contribution < 1.29 is 12.9 Å². The predicted molar refractivity (Wildman–Crippen MR) is 118 cm³/mol. The van der Waals surface area contributed by atoms with Crippen LogP contribution in [-0.2, 0) is 29.7 Å². The van der Waals surface area contributed by atoms with E-state index in [1.54, 1.807) is 12.1 Å². The second-order valence-electron chi connectivity index (χ2n) is 8.22. The molecule has 3 aromatic rings. The van der Waals surface area contributed by atoms with E-state index >= 15 is 0 Å². The molecule has 2 N–H and O–H groups in total. The molecule has 2 aromatic heterocycles. The molecule has 1 fully saturated rings. The number of unbranched alkanes of at least 4 members (excludes halogenated alkanes) is 1. The van der Waals surface area contributed by atoms with Crippen LogP contribution in [0.5, 0.6) is 0 Å². The van der Waals surface area contributed by atoms with Crippen molar-refractivity contribution in [1.29, 1.82) is 0 Å². The third-order valence-corrected chi connectivity index (χ3v) is 6.66. The Morgan fingerprint density at radius 2 is 1.81 bits per heavy atom. The molecule has 0 saturated carbocycles. The van der Waals surface area contributed by atoms with Crippen molar-refractivity contribution in [2.75, 3.05) is 26.2 Å². The summed E-state index contributed by atoms with van der Waals surface area (Å²) in [6, 6.07) is 6.94. The summed E-state index contributed by atoms with van der Waals surface area (Å²) in [6.45, 7) is 10.2. The van der Waals surface area contributed by atoms with E-state index < -0.39 is 10.0 Å². The molecule has 1 aromatic carbocycles. The first kappa shape index (κ1) is 21.9. The zero-order valence-corrected chi connectivity index (χ0v) is 18.9. The minimum atomic E-state index is -3.75. The van der Waals surface area contributed by atoms with Crippen LogP contribution in [0.15, 0.2) is 33.7 Å². The normalized spacial score (nSPS) is 16.4. The van der Waals surface area contributed by atoms with Gasteiger partial charge in [-0.25, -0.2) is 18.5 Å².